The van der Waals surface area contributed by atoms with Crippen LogP contribution in [0.25, 0.3) is 0 Å². The van der Waals surface area contributed by atoms with E-state index in [1.807, 2.05) is 0 Å². The smallest absolute Gasteiger partial charge is 0.185 e. The Kier molecular flexibility index (Phi) is 7.72. The van der Waals surface area contributed by atoms with E-state index in [1.54, 1.807) is 0 Å². The molecule has 0 aromatic rings. The molecule has 0 saturated heterocycles. The van der Waals surface area contributed by atoms with Crippen LogP contribution < -0.4 is 0 Å². The van der Waals surface area contributed by atoms with Crippen LogP contribution in [0.2, 0.25) is 0 Å². The average Bonchev–Trinajstić information content (AvgIpc) is 2.02. The van der Waals surface area contributed by atoms with Gasteiger partial charge >= 0.3 is 0 Å². The van der Waals surface area contributed by atoms with Gasteiger partial charge in [0, 0.05) is 0 Å². The monoisotopic (exact) mass is 168 g/mol. The summed E-state index contributed by atoms with van der Waals surface area (Å²) < 4.78 is 0. The van der Waals surface area contributed by atoms with Crippen LogP contribution in [0.5, 0.6) is 0 Å². The molecule has 0 aliphatic heterocycles. The molecule has 0 amide bonds. The SMILES string of the molecule is BN(CCC)CCN(B)CCC. The zero-order chi connectivity index (χ0) is 9.40. The molecule has 0 aliphatic rings. The average molecular weight is 168 g/mol. The van der Waals surface area contributed by atoms with E-state index in [9.17, 15) is 0 Å². The van der Waals surface area contributed by atoms with E-state index in [1.165, 1.54) is 39.0 Å². The molecule has 2 nitrogen and oxygen atoms in total. The maximum absolute atomic E-state index is 2.40. The van der Waals surface area contributed by atoms with E-state index in [0.29, 0.717) is 0 Å². The highest BCUT2D eigenvalue weighted by Gasteiger charge is 1.99. The van der Waals surface area contributed by atoms with Crippen molar-refractivity contribution in [3.63, 3.8) is 0 Å². The van der Waals surface area contributed by atoms with E-state index in [4.69, 9.17) is 0 Å². The standard InChI is InChI=1S/C8H22B2N2/c1-3-5-11(9)7-8-12(10)6-4-2/h3-10H2,1-2H3. The maximum atomic E-state index is 2.40. The Morgan fingerprint density at radius 3 is 1.33 bits per heavy atom. The van der Waals surface area contributed by atoms with E-state index in [0.717, 1.165) is 0 Å². The minimum atomic E-state index is 1.20. The van der Waals surface area contributed by atoms with Gasteiger partial charge in [-0.05, 0) is 39.0 Å². The lowest BCUT2D eigenvalue weighted by atomic mass is 10.2. The molecule has 0 fully saturated rings. The van der Waals surface area contributed by atoms with E-state index >= 15 is 0 Å². The maximum Gasteiger partial charge on any atom is 0.185 e. The van der Waals surface area contributed by atoms with Gasteiger partial charge in [-0.3, -0.25) is 0 Å². The second kappa shape index (κ2) is 7.69. The van der Waals surface area contributed by atoms with Crippen LogP contribution in [0.1, 0.15) is 26.7 Å². The molecule has 0 radical (unpaired) electrons. The number of hydrogen-bond acceptors (Lipinski definition) is 2. The fraction of sp³-hybridized carbons (Fsp3) is 1.00. The first-order valence-electron chi connectivity index (χ1n) is 5.07. The molecular weight excluding hydrogens is 146 g/mol. The third-order valence-electron chi connectivity index (χ3n) is 2.07. The van der Waals surface area contributed by atoms with Gasteiger partial charge in [-0.25, -0.2) is 0 Å². The van der Waals surface area contributed by atoms with Crippen LogP contribution in [0, 0.1) is 0 Å². The summed E-state index contributed by atoms with van der Waals surface area (Å²) in [6.45, 7) is 9.30. The van der Waals surface area contributed by atoms with Crippen LogP contribution in [0.3, 0.4) is 0 Å². The van der Waals surface area contributed by atoms with Gasteiger partial charge in [-0.1, -0.05) is 13.8 Å². The zero-order valence-corrected chi connectivity index (χ0v) is 9.14. The molecule has 70 valence electrons. The van der Waals surface area contributed by atoms with E-state index in [2.05, 4.69) is 39.4 Å². The first kappa shape index (κ1) is 12.0. The van der Waals surface area contributed by atoms with Gasteiger partial charge in [0.2, 0.25) is 0 Å². The van der Waals surface area contributed by atoms with Gasteiger partial charge in [0.1, 0.15) is 0 Å². The quantitative estimate of drug-likeness (QED) is 0.473. The van der Waals surface area contributed by atoms with Crippen molar-refractivity contribution in [3.8, 4) is 0 Å². The predicted molar refractivity (Wildman–Crippen MR) is 60.8 cm³/mol. The van der Waals surface area contributed by atoms with Crippen molar-refractivity contribution in [1.82, 2.24) is 9.62 Å². The Morgan fingerprint density at radius 2 is 1.08 bits per heavy atom. The van der Waals surface area contributed by atoms with Crippen molar-refractivity contribution in [2.24, 2.45) is 0 Å². The Labute approximate surface area is 79.2 Å². The molecule has 0 rings (SSSR count). The van der Waals surface area contributed by atoms with Crippen molar-refractivity contribution in [3.05, 3.63) is 0 Å². The zero-order valence-electron chi connectivity index (χ0n) is 9.14. The Bertz CT molecular complexity index is 89.1. The highest BCUT2D eigenvalue weighted by molar-refractivity contribution is 6.05. The van der Waals surface area contributed by atoms with Gasteiger partial charge in [-0.15, -0.1) is 0 Å². The van der Waals surface area contributed by atoms with Crippen molar-refractivity contribution >= 4 is 16.0 Å². The highest BCUT2D eigenvalue weighted by atomic mass is 15.1. The van der Waals surface area contributed by atoms with Crippen LogP contribution in [0.15, 0.2) is 0 Å². The Hall–Kier alpha value is 0.0499. The summed E-state index contributed by atoms with van der Waals surface area (Å²) in [5.41, 5.74) is 0. The summed E-state index contributed by atoms with van der Waals surface area (Å²) in [6.07, 6.45) is 2.52. The second-order valence-electron chi connectivity index (χ2n) is 3.61. The van der Waals surface area contributed by atoms with Crippen LogP contribution in [-0.2, 0) is 0 Å². The lowest BCUT2D eigenvalue weighted by molar-refractivity contribution is 0.370. The van der Waals surface area contributed by atoms with Crippen LogP contribution in [-0.4, -0.2) is 51.8 Å². The molecule has 0 bridgehead atoms. The molecule has 0 N–H and O–H groups in total. The lowest BCUT2D eigenvalue weighted by Gasteiger charge is -2.21. The van der Waals surface area contributed by atoms with Crippen LogP contribution in [0.4, 0.5) is 0 Å². The molecule has 0 aliphatic carbocycles. The summed E-state index contributed by atoms with van der Waals surface area (Å²) in [5, 5.41) is 0. The largest absolute Gasteiger partial charge is 0.348 e. The molecule has 0 aromatic heterocycles. The van der Waals surface area contributed by atoms with Crippen molar-refractivity contribution in [1.29, 1.82) is 0 Å². The first-order chi connectivity index (χ1) is 5.70. The Morgan fingerprint density at radius 1 is 0.750 bits per heavy atom. The molecule has 4 heteroatoms. The summed E-state index contributed by atoms with van der Waals surface area (Å²) in [5.74, 6) is 0. The molecular formula is C8H22B2N2. The molecule has 0 unspecified atom stereocenters. The van der Waals surface area contributed by atoms with Gasteiger partial charge < -0.3 is 9.62 Å². The number of rotatable bonds is 7. The van der Waals surface area contributed by atoms with Crippen molar-refractivity contribution < 1.29 is 0 Å². The lowest BCUT2D eigenvalue weighted by Crippen LogP contribution is -2.33. The topological polar surface area (TPSA) is 6.48 Å². The van der Waals surface area contributed by atoms with Gasteiger partial charge in [0.05, 0.1) is 0 Å². The van der Waals surface area contributed by atoms with Crippen molar-refractivity contribution in [2.45, 2.75) is 26.7 Å². The van der Waals surface area contributed by atoms with Crippen molar-refractivity contribution in [2.75, 3.05) is 26.2 Å². The summed E-state index contributed by atoms with van der Waals surface area (Å²) >= 11 is 0. The van der Waals surface area contributed by atoms with E-state index < -0.39 is 0 Å². The molecule has 0 atom stereocenters. The second-order valence-corrected chi connectivity index (χ2v) is 3.61. The molecule has 12 heavy (non-hydrogen) atoms. The van der Waals surface area contributed by atoms with Gasteiger partial charge in [-0.2, -0.15) is 0 Å². The third kappa shape index (κ3) is 6.74. The molecule has 0 heterocycles. The van der Waals surface area contributed by atoms with Gasteiger partial charge in [0.25, 0.3) is 0 Å². The summed E-state index contributed by atoms with van der Waals surface area (Å²) in [4.78, 5) is 4.79. The highest BCUT2D eigenvalue weighted by Crippen LogP contribution is 1.88. The molecule has 0 saturated carbocycles. The molecule has 0 spiro atoms. The fourth-order valence-corrected chi connectivity index (χ4v) is 1.33. The third-order valence-corrected chi connectivity index (χ3v) is 2.07. The minimum absolute atomic E-state index is 1.20. The first-order valence-corrected chi connectivity index (χ1v) is 5.07. The molecule has 0 aromatic carbocycles. The van der Waals surface area contributed by atoms with E-state index in [-0.39, 0.29) is 0 Å². The predicted octanol–water partition coefficient (Wildman–Crippen LogP) is -0.493. The van der Waals surface area contributed by atoms with Gasteiger partial charge in [0.15, 0.2) is 16.0 Å². The Balaban J connectivity index is 3.27. The normalized spacial score (nSPS) is 11.3. The minimum Gasteiger partial charge on any atom is -0.348 e. The number of hydrogen-bond donors (Lipinski definition) is 0. The number of nitrogens with zero attached hydrogens (tertiary/aromatic N) is 2. The summed E-state index contributed by atoms with van der Waals surface area (Å²) in [7, 11) is 4.40. The van der Waals surface area contributed by atoms with Crippen LogP contribution >= 0.6 is 0 Å². The summed E-state index contributed by atoms with van der Waals surface area (Å²) in [6, 6.07) is 0. The fourth-order valence-electron chi connectivity index (χ4n) is 1.33.